The second kappa shape index (κ2) is 3.58. The summed E-state index contributed by atoms with van der Waals surface area (Å²) in [7, 11) is 1.51. The summed E-state index contributed by atoms with van der Waals surface area (Å²) >= 11 is 0. The van der Waals surface area contributed by atoms with Crippen LogP contribution in [0.2, 0.25) is 0 Å². The van der Waals surface area contributed by atoms with Crippen LogP contribution < -0.4 is 0 Å². The fourth-order valence-electron chi connectivity index (χ4n) is 1.73. The van der Waals surface area contributed by atoms with Gasteiger partial charge in [-0.25, -0.2) is 4.98 Å². The van der Waals surface area contributed by atoms with Crippen LogP contribution in [-0.4, -0.2) is 15.8 Å². The third-order valence-corrected chi connectivity index (χ3v) is 2.65. The summed E-state index contributed by atoms with van der Waals surface area (Å²) in [4.78, 5) is 14.3. The van der Waals surface area contributed by atoms with E-state index in [9.17, 15) is 18.0 Å². The number of carbonyl (C=O) groups excluding carboxylic acids is 1. The molecule has 0 saturated carbocycles. The molecule has 0 amide bonds. The van der Waals surface area contributed by atoms with Crippen LogP contribution in [0.25, 0.3) is 11.0 Å². The van der Waals surface area contributed by atoms with Crippen molar-refractivity contribution >= 4 is 17.3 Å². The van der Waals surface area contributed by atoms with Crippen molar-refractivity contribution in [1.29, 1.82) is 0 Å². The largest absolute Gasteiger partial charge is 0.433 e. The standard InChI is InChI=1S/C11H9F3N2O/c1-6-3-9(11(12,13)14)15-10-8(6)4-7(5-17)16(10)2/h3-5H,1-2H3. The molecule has 17 heavy (non-hydrogen) atoms. The summed E-state index contributed by atoms with van der Waals surface area (Å²) in [6.45, 7) is 1.56. The number of carbonyl (C=O) groups is 1. The van der Waals surface area contributed by atoms with Gasteiger partial charge in [-0.3, -0.25) is 4.79 Å². The first-order valence-corrected chi connectivity index (χ1v) is 4.84. The van der Waals surface area contributed by atoms with Crippen LogP contribution in [0.3, 0.4) is 0 Å². The third kappa shape index (κ3) is 1.79. The molecule has 3 nitrogen and oxygen atoms in total. The second-order valence-corrected chi connectivity index (χ2v) is 3.81. The van der Waals surface area contributed by atoms with Crippen molar-refractivity contribution < 1.29 is 18.0 Å². The van der Waals surface area contributed by atoms with Crippen LogP contribution in [-0.2, 0) is 13.2 Å². The number of aldehydes is 1. The fourth-order valence-corrected chi connectivity index (χ4v) is 1.73. The van der Waals surface area contributed by atoms with E-state index in [2.05, 4.69) is 4.98 Å². The molecule has 0 bridgehead atoms. The van der Waals surface area contributed by atoms with Gasteiger partial charge in [0.15, 0.2) is 6.29 Å². The normalized spacial score (nSPS) is 12.1. The van der Waals surface area contributed by atoms with Gasteiger partial charge in [0.05, 0.1) is 5.69 Å². The van der Waals surface area contributed by atoms with Crippen LogP contribution in [0.5, 0.6) is 0 Å². The number of aryl methyl sites for hydroxylation is 2. The Kier molecular flexibility index (Phi) is 2.45. The van der Waals surface area contributed by atoms with E-state index < -0.39 is 11.9 Å². The zero-order valence-electron chi connectivity index (χ0n) is 9.17. The van der Waals surface area contributed by atoms with E-state index in [0.29, 0.717) is 22.9 Å². The molecule has 0 atom stereocenters. The molecule has 0 aliphatic rings. The predicted octanol–water partition coefficient (Wildman–Crippen LogP) is 2.71. The molecule has 2 aromatic rings. The lowest BCUT2D eigenvalue weighted by molar-refractivity contribution is -0.141. The van der Waals surface area contributed by atoms with Gasteiger partial charge in [0.1, 0.15) is 11.3 Å². The average Bonchev–Trinajstić information content (AvgIpc) is 2.55. The maximum Gasteiger partial charge on any atom is 0.433 e. The quantitative estimate of drug-likeness (QED) is 0.720. The Morgan fingerprint density at radius 2 is 2.00 bits per heavy atom. The number of hydrogen-bond acceptors (Lipinski definition) is 2. The smallest absolute Gasteiger partial charge is 0.326 e. The van der Waals surface area contributed by atoms with Crippen molar-refractivity contribution in [2.24, 2.45) is 7.05 Å². The second-order valence-electron chi connectivity index (χ2n) is 3.81. The van der Waals surface area contributed by atoms with Crippen molar-refractivity contribution in [2.45, 2.75) is 13.1 Å². The maximum atomic E-state index is 12.6. The summed E-state index contributed by atoms with van der Waals surface area (Å²) in [5.41, 5.74) is -0.0264. The highest BCUT2D eigenvalue weighted by Gasteiger charge is 2.33. The molecule has 0 spiro atoms. The highest BCUT2D eigenvalue weighted by atomic mass is 19.4. The molecule has 0 N–H and O–H groups in total. The van der Waals surface area contributed by atoms with Crippen LogP contribution >= 0.6 is 0 Å². The van der Waals surface area contributed by atoms with Crippen LogP contribution in [0.15, 0.2) is 12.1 Å². The van der Waals surface area contributed by atoms with E-state index in [-0.39, 0.29) is 5.65 Å². The molecule has 0 radical (unpaired) electrons. The zero-order valence-corrected chi connectivity index (χ0v) is 9.17. The molecule has 0 unspecified atom stereocenters. The monoisotopic (exact) mass is 242 g/mol. The van der Waals surface area contributed by atoms with Crippen molar-refractivity contribution in [2.75, 3.05) is 0 Å². The summed E-state index contributed by atoms with van der Waals surface area (Å²) in [5.74, 6) is 0. The Labute approximate surface area is 94.9 Å². The van der Waals surface area contributed by atoms with Gasteiger partial charge in [-0.15, -0.1) is 0 Å². The Morgan fingerprint density at radius 3 is 2.53 bits per heavy atom. The van der Waals surface area contributed by atoms with Crippen molar-refractivity contribution in [3.63, 3.8) is 0 Å². The van der Waals surface area contributed by atoms with Gasteiger partial charge in [0.25, 0.3) is 0 Å². The van der Waals surface area contributed by atoms with Crippen LogP contribution in [0.4, 0.5) is 13.2 Å². The first-order valence-electron chi connectivity index (χ1n) is 4.84. The Balaban J connectivity index is 2.81. The highest BCUT2D eigenvalue weighted by molar-refractivity contribution is 5.88. The number of alkyl halides is 3. The van der Waals surface area contributed by atoms with Crippen molar-refractivity contribution in [1.82, 2.24) is 9.55 Å². The lowest BCUT2D eigenvalue weighted by Gasteiger charge is -2.08. The molecule has 0 aromatic carbocycles. The Morgan fingerprint density at radius 1 is 1.35 bits per heavy atom. The van der Waals surface area contributed by atoms with E-state index >= 15 is 0 Å². The van der Waals surface area contributed by atoms with E-state index in [1.807, 2.05) is 0 Å². The minimum atomic E-state index is -4.48. The molecular weight excluding hydrogens is 233 g/mol. The fraction of sp³-hybridized carbons (Fsp3) is 0.273. The van der Waals surface area contributed by atoms with Gasteiger partial charge in [-0.2, -0.15) is 13.2 Å². The van der Waals surface area contributed by atoms with Crippen LogP contribution in [0, 0.1) is 6.92 Å². The summed E-state index contributed by atoms with van der Waals surface area (Å²) < 4.78 is 39.1. The molecule has 2 aromatic heterocycles. The number of nitrogens with zero attached hydrogens (tertiary/aromatic N) is 2. The third-order valence-electron chi connectivity index (χ3n) is 2.65. The van der Waals surface area contributed by atoms with Gasteiger partial charge in [0.2, 0.25) is 0 Å². The molecule has 2 heterocycles. The molecule has 0 aliphatic carbocycles. The van der Waals surface area contributed by atoms with Gasteiger partial charge in [-0.1, -0.05) is 0 Å². The van der Waals surface area contributed by atoms with E-state index in [4.69, 9.17) is 0 Å². The van der Waals surface area contributed by atoms with E-state index in [1.165, 1.54) is 17.7 Å². The SMILES string of the molecule is Cc1cc(C(F)(F)F)nc2c1cc(C=O)n2C. The van der Waals surface area contributed by atoms with Gasteiger partial charge in [0, 0.05) is 12.4 Å². The van der Waals surface area contributed by atoms with E-state index in [0.717, 1.165) is 6.07 Å². The molecule has 0 aliphatic heterocycles. The Bertz CT molecular complexity index is 599. The number of fused-ring (bicyclic) bond motifs is 1. The topological polar surface area (TPSA) is 34.9 Å². The molecule has 0 fully saturated rings. The number of aromatic nitrogens is 2. The van der Waals surface area contributed by atoms with Gasteiger partial charge >= 0.3 is 6.18 Å². The maximum absolute atomic E-state index is 12.6. The first kappa shape index (κ1) is 11.6. The summed E-state index contributed by atoms with van der Waals surface area (Å²) in [6.07, 6.45) is -3.89. The van der Waals surface area contributed by atoms with Crippen LogP contribution in [0.1, 0.15) is 21.7 Å². The minimum absolute atomic E-state index is 0.166. The predicted molar refractivity (Wildman–Crippen MR) is 55.8 cm³/mol. The number of hydrogen-bond donors (Lipinski definition) is 0. The molecular formula is C11H9F3N2O. The zero-order chi connectivity index (χ0) is 12.8. The number of halogens is 3. The lowest BCUT2D eigenvalue weighted by atomic mass is 10.1. The minimum Gasteiger partial charge on any atom is -0.326 e. The lowest BCUT2D eigenvalue weighted by Crippen LogP contribution is -2.09. The van der Waals surface area contributed by atoms with Gasteiger partial charge in [-0.05, 0) is 24.6 Å². The number of rotatable bonds is 1. The molecule has 90 valence electrons. The molecule has 2 rings (SSSR count). The van der Waals surface area contributed by atoms with Gasteiger partial charge < -0.3 is 4.57 Å². The average molecular weight is 242 g/mol. The van der Waals surface area contributed by atoms with Crippen molar-refractivity contribution in [3.8, 4) is 0 Å². The number of pyridine rings is 1. The molecule has 6 heteroatoms. The van der Waals surface area contributed by atoms with E-state index in [1.54, 1.807) is 6.92 Å². The summed E-state index contributed by atoms with van der Waals surface area (Å²) in [6, 6.07) is 2.52. The Hall–Kier alpha value is -1.85. The van der Waals surface area contributed by atoms with Crippen molar-refractivity contribution in [3.05, 3.63) is 29.1 Å². The highest BCUT2D eigenvalue weighted by Crippen LogP contribution is 2.31. The molecule has 0 saturated heterocycles. The first-order chi connectivity index (χ1) is 7.84. The summed E-state index contributed by atoms with van der Waals surface area (Å²) in [5, 5.41) is 0.558.